The molecule has 2 fully saturated rings. The van der Waals surface area contributed by atoms with Gasteiger partial charge in [0.15, 0.2) is 0 Å². The number of amides is 2. The molecule has 2 amide bonds. The van der Waals surface area contributed by atoms with E-state index in [0.717, 1.165) is 44.7 Å². The smallest absolute Gasteiger partial charge is 0.317 e. The summed E-state index contributed by atoms with van der Waals surface area (Å²) in [6.45, 7) is 3.17. The van der Waals surface area contributed by atoms with Gasteiger partial charge < -0.3 is 20.2 Å². The van der Waals surface area contributed by atoms with Crippen molar-refractivity contribution in [1.82, 2.24) is 10.2 Å². The van der Waals surface area contributed by atoms with Gasteiger partial charge in [-0.3, -0.25) is 0 Å². The van der Waals surface area contributed by atoms with Crippen molar-refractivity contribution in [2.24, 2.45) is 0 Å². The van der Waals surface area contributed by atoms with E-state index >= 15 is 0 Å². The first-order chi connectivity index (χ1) is 10.7. The van der Waals surface area contributed by atoms with Gasteiger partial charge in [-0.15, -0.1) is 0 Å². The van der Waals surface area contributed by atoms with Crippen LogP contribution in [0.1, 0.15) is 32.1 Å². The fourth-order valence-corrected chi connectivity index (χ4v) is 3.34. The number of anilines is 1. The van der Waals surface area contributed by atoms with Crippen molar-refractivity contribution in [3.8, 4) is 5.75 Å². The van der Waals surface area contributed by atoms with Gasteiger partial charge in [-0.2, -0.15) is 0 Å². The molecule has 2 N–H and O–H groups in total. The maximum atomic E-state index is 12.3. The summed E-state index contributed by atoms with van der Waals surface area (Å²) in [4.78, 5) is 16.5. The number of nitrogens with one attached hydrogen (secondary N) is 1. The highest BCUT2D eigenvalue weighted by Gasteiger charge is 2.23. The van der Waals surface area contributed by atoms with Crippen LogP contribution in [0.15, 0.2) is 24.3 Å². The summed E-state index contributed by atoms with van der Waals surface area (Å²) in [5, 5.41) is 12.5. The fraction of sp³-hybridized carbons (Fsp3) is 0.588. The number of hydrogen-bond acceptors (Lipinski definition) is 3. The lowest BCUT2D eigenvalue weighted by Crippen LogP contribution is -2.53. The van der Waals surface area contributed by atoms with Crippen molar-refractivity contribution in [3.05, 3.63) is 24.3 Å². The summed E-state index contributed by atoms with van der Waals surface area (Å²) in [7, 11) is 0. The zero-order chi connectivity index (χ0) is 15.4. The average Bonchev–Trinajstić information content (AvgIpc) is 2.57. The second kappa shape index (κ2) is 6.90. The Morgan fingerprint density at radius 3 is 2.27 bits per heavy atom. The highest BCUT2D eigenvalue weighted by molar-refractivity contribution is 5.75. The Bertz CT molecular complexity index is 489. The number of rotatable bonds is 2. The van der Waals surface area contributed by atoms with Crippen LogP contribution < -0.4 is 10.2 Å². The molecule has 0 spiro atoms. The molecule has 1 aromatic carbocycles. The molecule has 5 heteroatoms. The molecule has 1 saturated carbocycles. The lowest BCUT2D eigenvalue weighted by atomic mass is 9.96. The van der Waals surface area contributed by atoms with E-state index in [9.17, 15) is 9.90 Å². The first-order valence-corrected chi connectivity index (χ1v) is 8.32. The summed E-state index contributed by atoms with van der Waals surface area (Å²) >= 11 is 0. The molecule has 5 nitrogen and oxygen atoms in total. The van der Waals surface area contributed by atoms with Crippen LogP contribution >= 0.6 is 0 Å². The van der Waals surface area contributed by atoms with E-state index in [0.29, 0.717) is 6.04 Å². The average molecular weight is 303 g/mol. The van der Waals surface area contributed by atoms with Crippen molar-refractivity contribution < 1.29 is 9.90 Å². The Labute approximate surface area is 131 Å². The van der Waals surface area contributed by atoms with Gasteiger partial charge in [0.05, 0.1) is 0 Å². The lowest BCUT2D eigenvalue weighted by molar-refractivity contribution is 0.186. The van der Waals surface area contributed by atoms with Gasteiger partial charge >= 0.3 is 6.03 Å². The van der Waals surface area contributed by atoms with E-state index in [-0.39, 0.29) is 11.8 Å². The van der Waals surface area contributed by atoms with Gasteiger partial charge in [-0.25, -0.2) is 4.79 Å². The zero-order valence-corrected chi connectivity index (χ0v) is 13.0. The standard InChI is InChI=1S/C17H25N3O2/c21-16-8-6-15(7-9-16)19-10-12-20(13-11-19)17(22)18-14-4-2-1-3-5-14/h6-9,14,21H,1-5,10-13H2,(H,18,22). The molecule has 1 saturated heterocycles. The monoisotopic (exact) mass is 303 g/mol. The SMILES string of the molecule is O=C(NC1CCCCC1)N1CCN(c2ccc(O)cc2)CC1. The van der Waals surface area contributed by atoms with Crippen molar-refractivity contribution in [1.29, 1.82) is 0 Å². The third kappa shape index (κ3) is 3.64. The number of urea groups is 1. The van der Waals surface area contributed by atoms with Gasteiger partial charge in [0.2, 0.25) is 0 Å². The van der Waals surface area contributed by atoms with E-state index < -0.39 is 0 Å². The zero-order valence-electron chi connectivity index (χ0n) is 13.0. The quantitative estimate of drug-likeness (QED) is 0.883. The van der Waals surface area contributed by atoms with E-state index in [1.165, 1.54) is 19.3 Å². The Kier molecular flexibility index (Phi) is 4.71. The number of phenolic OH excluding ortho intramolecular Hbond substituents is 1. The Balaban J connectivity index is 1.48. The number of nitrogens with zero attached hydrogens (tertiary/aromatic N) is 2. The minimum absolute atomic E-state index is 0.0947. The molecule has 0 unspecified atom stereocenters. The van der Waals surface area contributed by atoms with Gasteiger partial charge in [0.1, 0.15) is 5.75 Å². The first kappa shape index (κ1) is 15.0. The molecule has 0 aromatic heterocycles. The van der Waals surface area contributed by atoms with E-state index in [2.05, 4.69) is 10.2 Å². The molecule has 0 radical (unpaired) electrons. The topological polar surface area (TPSA) is 55.8 Å². The Morgan fingerprint density at radius 1 is 1.00 bits per heavy atom. The van der Waals surface area contributed by atoms with Gasteiger partial charge in [0.25, 0.3) is 0 Å². The second-order valence-corrected chi connectivity index (χ2v) is 6.27. The third-order valence-electron chi connectivity index (χ3n) is 4.71. The molecular weight excluding hydrogens is 278 g/mol. The van der Waals surface area contributed by atoms with Crippen molar-refractivity contribution in [2.45, 2.75) is 38.1 Å². The number of phenols is 1. The first-order valence-electron chi connectivity index (χ1n) is 8.32. The minimum atomic E-state index is 0.0947. The molecule has 0 bridgehead atoms. The molecule has 1 aliphatic carbocycles. The molecule has 0 atom stereocenters. The number of piperazine rings is 1. The van der Waals surface area contributed by atoms with Crippen LogP contribution in [0.3, 0.4) is 0 Å². The van der Waals surface area contributed by atoms with E-state index in [1.807, 2.05) is 17.0 Å². The molecule has 3 rings (SSSR count). The number of carbonyl (C=O) groups is 1. The van der Waals surface area contributed by atoms with Gasteiger partial charge in [0, 0.05) is 37.9 Å². The highest BCUT2D eigenvalue weighted by atomic mass is 16.3. The maximum absolute atomic E-state index is 12.3. The normalized spacial score (nSPS) is 20.0. The molecule has 1 aliphatic heterocycles. The summed E-state index contributed by atoms with van der Waals surface area (Å²) in [6, 6.07) is 7.73. The predicted octanol–water partition coefficient (Wildman–Crippen LogP) is 2.56. The van der Waals surface area contributed by atoms with Crippen LogP contribution in [-0.2, 0) is 0 Å². The Morgan fingerprint density at radius 2 is 1.64 bits per heavy atom. The molecule has 2 aliphatic rings. The van der Waals surface area contributed by atoms with Crippen LogP contribution in [0.25, 0.3) is 0 Å². The summed E-state index contributed by atoms with van der Waals surface area (Å²) in [5.41, 5.74) is 1.10. The molecular formula is C17H25N3O2. The van der Waals surface area contributed by atoms with Crippen LogP contribution in [0, 0.1) is 0 Å². The fourth-order valence-electron chi connectivity index (χ4n) is 3.34. The number of benzene rings is 1. The summed E-state index contributed by atoms with van der Waals surface area (Å²) < 4.78 is 0. The van der Waals surface area contributed by atoms with Gasteiger partial charge in [-0.05, 0) is 37.1 Å². The summed E-state index contributed by atoms with van der Waals surface area (Å²) in [5.74, 6) is 0.286. The third-order valence-corrected chi connectivity index (χ3v) is 4.71. The van der Waals surface area contributed by atoms with E-state index in [1.54, 1.807) is 12.1 Å². The minimum Gasteiger partial charge on any atom is -0.508 e. The van der Waals surface area contributed by atoms with Crippen LogP contribution in [0.4, 0.5) is 10.5 Å². The number of carbonyl (C=O) groups excluding carboxylic acids is 1. The molecule has 120 valence electrons. The van der Waals surface area contributed by atoms with Crippen molar-refractivity contribution >= 4 is 11.7 Å². The molecule has 22 heavy (non-hydrogen) atoms. The lowest BCUT2D eigenvalue weighted by Gasteiger charge is -2.37. The second-order valence-electron chi connectivity index (χ2n) is 6.27. The van der Waals surface area contributed by atoms with Crippen LogP contribution in [-0.4, -0.2) is 48.3 Å². The highest BCUT2D eigenvalue weighted by Crippen LogP contribution is 2.20. The van der Waals surface area contributed by atoms with Crippen molar-refractivity contribution in [3.63, 3.8) is 0 Å². The van der Waals surface area contributed by atoms with Gasteiger partial charge in [-0.1, -0.05) is 19.3 Å². The number of aromatic hydroxyl groups is 1. The number of hydrogen-bond donors (Lipinski definition) is 2. The van der Waals surface area contributed by atoms with Crippen molar-refractivity contribution in [2.75, 3.05) is 31.1 Å². The van der Waals surface area contributed by atoms with E-state index in [4.69, 9.17) is 0 Å². The van der Waals surface area contributed by atoms with Crippen LogP contribution in [0.2, 0.25) is 0 Å². The molecule has 1 heterocycles. The summed E-state index contributed by atoms with van der Waals surface area (Å²) in [6.07, 6.45) is 6.02. The Hall–Kier alpha value is -1.91. The molecule has 1 aromatic rings. The predicted molar refractivity (Wildman–Crippen MR) is 87.3 cm³/mol. The maximum Gasteiger partial charge on any atom is 0.317 e. The largest absolute Gasteiger partial charge is 0.508 e. The van der Waals surface area contributed by atoms with Crippen LogP contribution in [0.5, 0.6) is 5.75 Å².